The van der Waals surface area contributed by atoms with Crippen molar-refractivity contribution in [3.05, 3.63) is 79.9 Å². The summed E-state index contributed by atoms with van der Waals surface area (Å²) in [6.45, 7) is 1.97. The van der Waals surface area contributed by atoms with E-state index >= 15 is 0 Å². The Labute approximate surface area is 142 Å². The Morgan fingerprint density at radius 2 is 1.81 bits per heavy atom. The monoisotopic (exact) mass is 406 g/mol. The third kappa shape index (κ3) is 2.70. The maximum atomic E-state index is 13.0. The molecule has 0 aliphatic carbocycles. The Morgan fingerprint density at radius 3 is 2.62 bits per heavy atom. The predicted octanol–water partition coefficient (Wildman–Crippen LogP) is 5.64. The number of carbonyl (C=O) groups is 1. The first-order chi connectivity index (χ1) is 10.1. The van der Waals surface area contributed by atoms with Crippen LogP contribution < -0.4 is 0 Å². The zero-order valence-electron chi connectivity index (χ0n) is 11.4. The summed E-state index contributed by atoms with van der Waals surface area (Å²) in [5, 5.41) is 2.64. The van der Waals surface area contributed by atoms with Crippen molar-refractivity contribution < 1.29 is 4.79 Å². The molecule has 3 heteroatoms. The Morgan fingerprint density at radius 1 is 1.05 bits per heavy atom. The van der Waals surface area contributed by atoms with Gasteiger partial charge in [0.1, 0.15) is 0 Å². The van der Waals surface area contributed by atoms with Gasteiger partial charge in [0.15, 0.2) is 5.78 Å². The number of aryl methyl sites for hydroxylation is 1. The lowest BCUT2D eigenvalue weighted by Crippen LogP contribution is -2.06. The van der Waals surface area contributed by atoms with Gasteiger partial charge in [0, 0.05) is 19.7 Å². The number of rotatable bonds is 2. The molecule has 0 unspecified atom stereocenters. The lowest BCUT2D eigenvalue weighted by Gasteiger charge is -2.11. The molecule has 0 bridgehead atoms. The average molecular weight is 407 g/mol. The highest BCUT2D eigenvalue weighted by Gasteiger charge is 2.17. The third-order valence-corrected chi connectivity index (χ3v) is 4.71. The third-order valence-electron chi connectivity index (χ3n) is 3.54. The van der Waals surface area contributed by atoms with Crippen molar-refractivity contribution in [3.8, 4) is 0 Å². The van der Waals surface area contributed by atoms with Gasteiger partial charge < -0.3 is 0 Å². The maximum absolute atomic E-state index is 13.0. The second kappa shape index (κ2) is 5.78. The van der Waals surface area contributed by atoms with E-state index in [1.807, 2.05) is 49.4 Å². The number of fused-ring (bicyclic) bond motifs is 1. The highest BCUT2D eigenvalue weighted by molar-refractivity contribution is 14.1. The molecule has 0 spiro atoms. The lowest BCUT2D eigenvalue weighted by molar-refractivity contribution is 0.103. The molecule has 0 aliphatic heterocycles. The molecule has 0 fully saturated rings. The summed E-state index contributed by atoms with van der Waals surface area (Å²) in [5.41, 5.74) is 2.39. The fourth-order valence-electron chi connectivity index (χ4n) is 2.49. The maximum Gasteiger partial charge on any atom is 0.195 e. The van der Waals surface area contributed by atoms with Crippen LogP contribution in [0, 0.1) is 10.5 Å². The molecule has 0 aliphatic rings. The molecule has 0 saturated carbocycles. The number of hydrogen-bond donors (Lipinski definition) is 0. The zero-order valence-corrected chi connectivity index (χ0v) is 14.3. The van der Waals surface area contributed by atoms with E-state index in [2.05, 4.69) is 22.6 Å². The van der Waals surface area contributed by atoms with Crippen molar-refractivity contribution in [3.63, 3.8) is 0 Å². The number of halogens is 2. The van der Waals surface area contributed by atoms with Crippen molar-refractivity contribution in [1.29, 1.82) is 0 Å². The highest BCUT2D eigenvalue weighted by Crippen LogP contribution is 2.27. The van der Waals surface area contributed by atoms with Crippen LogP contribution in [-0.4, -0.2) is 5.78 Å². The number of benzene rings is 3. The number of hydrogen-bond acceptors (Lipinski definition) is 1. The highest BCUT2D eigenvalue weighted by atomic mass is 127. The molecule has 104 valence electrons. The zero-order chi connectivity index (χ0) is 15.0. The minimum Gasteiger partial charge on any atom is -0.289 e. The van der Waals surface area contributed by atoms with Crippen molar-refractivity contribution in [2.45, 2.75) is 6.92 Å². The number of carbonyl (C=O) groups excluding carboxylic acids is 1. The molecule has 3 aromatic rings. The van der Waals surface area contributed by atoms with Crippen molar-refractivity contribution in [1.82, 2.24) is 0 Å². The van der Waals surface area contributed by atoms with Crippen LogP contribution in [0.3, 0.4) is 0 Å². The smallest absolute Gasteiger partial charge is 0.195 e. The Bertz CT molecular complexity index is 855. The summed E-state index contributed by atoms with van der Waals surface area (Å²) in [4.78, 5) is 13.0. The molecule has 0 saturated heterocycles. The van der Waals surface area contributed by atoms with Gasteiger partial charge in [-0.2, -0.15) is 0 Å². The van der Waals surface area contributed by atoms with Crippen LogP contribution in [0.1, 0.15) is 21.5 Å². The average Bonchev–Trinajstić information content (AvgIpc) is 2.49. The van der Waals surface area contributed by atoms with E-state index in [1.54, 1.807) is 12.1 Å². The first kappa shape index (κ1) is 14.5. The molecule has 0 amide bonds. The first-order valence-electron chi connectivity index (χ1n) is 6.56. The molecular formula is C18H12ClIO. The van der Waals surface area contributed by atoms with E-state index in [4.69, 9.17) is 11.6 Å². The van der Waals surface area contributed by atoms with Gasteiger partial charge in [0.25, 0.3) is 0 Å². The summed E-state index contributed by atoms with van der Waals surface area (Å²) in [6, 6.07) is 17.4. The van der Waals surface area contributed by atoms with Crippen LogP contribution in [0.15, 0.2) is 54.6 Å². The van der Waals surface area contributed by atoms with Crippen LogP contribution in [-0.2, 0) is 0 Å². The normalized spacial score (nSPS) is 10.8. The van der Waals surface area contributed by atoms with E-state index in [1.165, 1.54) is 0 Å². The van der Waals surface area contributed by atoms with E-state index in [0.29, 0.717) is 10.6 Å². The minimum absolute atomic E-state index is 0.0243. The summed E-state index contributed by atoms with van der Waals surface area (Å²) in [6.07, 6.45) is 0. The Kier molecular flexibility index (Phi) is 4.00. The second-order valence-corrected chi connectivity index (χ2v) is 6.53. The molecule has 0 N–H and O–H groups in total. The first-order valence-corrected chi connectivity index (χ1v) is 8.01. The Balaban J connectivity index is 2.27. The fraction of sp³-hybridized carbons (Fsp3) is 0.0556. The molecule has 3 aromatic carbocycles. The second-order valence-electron chi connectivity index (χ2n) is 4.93. The molecule has 0 aromatic heterocycles. The lowest BCUT2D eigenvalue weighted by atomic mass is 9.93. The standard InChI is InChI=1S/C18H12ClIO/c1-11-6-7-12-4-2-3-5-14(12)17(11)18(21)15-10-13(19)8-9-16(15)20/h2-10H,1H3. The van der Waals surface area contributed by atoms with Crippen molar-refractivity contribution >= 4 is 50.7 Å². The van der Waals surface area contributed by atoms with E-state index in [0.717, 1.165) is 25.5 Å². The SMILES string of the molecule is Cc1ccc2ccccc2c1C(=O)c1cc(Cl)ccc1I. The molecule has 0 atom stereocenters. The van der Waals surface area contributed by atoms with Gasteiger partial charge in [-0.05, 0) is 64.0 Å². The van der Waals surface area contributed by atoms with E-state index < -0.39 is 0 Å². The summed E-state index contributed by atoms with van der Waals surface area (Å²) < 4.78 is 0.911. The molecule has 1 nitrogen and oxygen atoms in total. The van der Waals surface area contributed by atoms with Crippen molar-refractivity contribution in [2.75, 3.05) is 0 Å². The predicted molar refractivity (Wildman–Crippen MR) is 96.3 cm³/mol. The molecule has 0 heterocycles. The quantitative estimate of drug-likeness (QED) is 0.398. The van der Waals surface area contributed by atoms with Gasteiger partial charge in [0.05, 0.1) is 0 Å². The molecule has 3 rings (SSSR count). The Hall–Kier alpha value is -1.39. The van der Waals surface area contributed by atoms with Crippen LogP contribution in [0.25, 0.3) is 10.8 Å². The summed E-state index contributed by atoms with van der Waals surface area (Å²) in [7, 11) is 0. The van der Waals surface area contributed by atoms with E-state index in [-0.39, 0.29) is 5.78 Å². The molecule has 0 radical (unpaired) electrons. The van der Waals surface area contributed by atoms with Crippen LogP contribution in [0.5, 0.6) is 0 Å². The van der Waals surface area contributed by atoms with Gasteiger partial charge >= 0.3 is 0 Å². The summed E-state index contributed by atoms with van der Waals surface area (Å²) >= 11 is 8.23. The van der Waals surface area contributed by atoms with Gasteiger partial charge in [-0.25, -0.2) is 0 Å². The van der Waals surface area contributed by atoms with E-state index in [9.17, 15) is 4.79 Å². The minimum atomic E-state index is 0.0243. The van der Waals surface area contributed by atoms with Gasteiger partial charge in [-0.1, -0.05) is 48.0 Å². The van der Waals surface area contributed by atoms with Crippen molar-refractivity contribution in [2.24, 2.45) is 0 Å². The van der Waals surface area contributed by atoms with Gasteiger partial charge in [-0.15, -0.1) is 0 Å². The summed E-state index contributed by atoms with van der Waals surface area (Å²) in [5.74, 6) is 0.0243. The molecular weight excluding hydrogens is 395 g/mol. The van der Waals surface area contributed by atoms with Crippen LogP contribution >= 0.6 is 34.2 Å². The largest absolute Gasteiger partial charge is 0.289 e. The van der Waals surface area contributed by atoms with Gasteiger partial charge in [0.2, 0.25) is 0 Å². The topological polar surface area (TPSA) is 17.1 Å². The molecule has 21 heavy (non-hydrogen) atoms. The number of ketones is 1. The van der Waals surface area contributed by atoms with Crippen LogP contribution in [0.2, 0.25) is 5.02 Å². The van der Waals surface area contributed by atoms with Gasteiger partial charge in [-0.3, -0.25) is 4.79 Å². The fourth-order valence-corrected chi connectivity index (χ4v) is 3.24. The van der Waals surface area contributed by atoms with Crippen LogP contribution in [0.4, 0.5) is 0 Å².